The van der Waals surface area contributed by atoms with Gasteiger partial charge in [0.2, 0.25) is 0 Å². The van der Waals surface area contributed by atoms with Gasteiger partial charge in [-0.15, -0.1) is 0 Å². The molecule has 0 aliphatic carbocycles. The molecular formula is C52H53N9O12S2. The van der Waals surface area contributed by atoms with E-state index in [0.717, 1.165) is 0 Å². The normalized spacial score (nSPS) is 12.2. The third-order valence-corrected chi connectivity index (χ3v) is 13.8. The van der Waals surface area contributed by atoms with Crippen molar-refractivity contribution in [3.05, 3.63) is 173 Å². The predicted octanol–water partition coefficient (Wildman–Crippen LogP) is 6.11. The molecule has 0 saturated carbocycles. The zero-order chi connectivity index (χ0) is 54.0. The van der Waals surface area contributed by atoms with Gasteiger partial charge in [0.1, 0.15) is 48.5 Å². The lowest BCUT2D eigenvalue weighted by Gasteiger charge is -2.21. The summed E-state index contributed by atoms with van der Waals surface area (Å²) in [5, 5.41) is 41.4. The summed E-state index contributed by atoms with van der Waals surface area (Å²) in [7, 11) is -8.41. The SMILES string of the molecule is CCOc1cc([C@@H](Nc2ccc(C(=N)N)cc2)C(=O)NS(=O)(=O)c2cccc(N)c2)cc2cc(CO)oc12.CCOc1cc([C@@H](Nc2ccc(C(=N)N)cc2)C(=O)NS(=O)(=O)c2ccccc2)cc2cc(CO)oc12. The summed E-state index contributed by atoms with van der Waals surface area (Å²) in [4.78, 5) is 26.8. The van der Waals surface area contributed by atoms with E-state index in [9.17, 15) is 36.6 Å². The number of ether oxygens (including phenoxy) is 2. The Hall–Kier alpha value is -8.90. The van der Waals surface area contributed by atoms with Gasteiger partial charge in [0, 0.05) is 39.0 Å². The highest BCUT2D eigenvalue weighted by molar-refractivity contribution is 7.90. The molecule has 75 heavy (non-hydrogen) atoms. The third kappa shape index (κ3) is 13.0. The van der Waals surface area contributed by atoms with Crippen molar-refractivity contribution in [1.29, 1.82) is 10.8 Å². The number of hydrogen-bond donors (Lipinski definition) is 11. The van der Waals surface area contributed by atoms with Crippen LogP contribution in [0.3, 0.4) is 0 Å². The smallest absolute Gasteiger partial charge is 0.264 e. The third-order valence-electron chi connectivity index (χ3n) is 11.1. The van der Waals surface area contributed by atoms with Crippen LogP contribution in [-0.2, 0) is 42.8 Å². The number of furan rings is 2. The van der Waals surface area contributed by atoms with Crippen molar-refractivity contribution in [3.8, 4) is 11.5 Å². The maximum atomic E-state index is 13.5. The molecular weight excluding hydrogens is 1010 g/mol. The van der Waals surface area contributed by atoms with Crippen LogP contribution in [0, 0.1) is 10.8 Å². The van der Waals surface area contributed by atoms with E-state index < -0.39 is 43.9 Å². The molecule has 2 atom stereocenters. The first kappa shape index (κ1) is 53.9. The number of aliphatic hydroxyl groups excluding tert-OH is 2. The van der Waals surface area contributed by atoms with E-state index >= 15 is 0 Å². The topological polar surface area (TPSA) is 361 Å². The van der Waals surface area contributed by atoms with E-state index in [1.807, 2.05) is 0 Å². The van der Waals surface area contributed by atoms with Crippen LogP contribution in [0.5, 0.6) is 11.5 Å². The lowest BCUT2D eigenvalue weighted by Crippen LogP contribution is -2.37. The molecule has 8 aromatic rings. The molecule has 0 saturated heterocycles. The van der Waals surface area contributed by atoms with Crippen molar-refractivity contribution in [1.82, 2.24) is 9.44 Å². The van der Waals surface area contributed by atoms with Crippen molar-refractivity contribution < 1.29 is 54.9 Å². The number of aliphatic hydroxyl groups is 2. The van der Waals surface area contributed by atoms with Crippen LogP contribution in [0.1, 0.15) is 59.7 Å². The number of hydrogen-bond acceptors (Lipinski definition) is 17. The van der Waals surface area contributed by atoms with Gasteiger partial charge in [0.25, 0.3) is 31.9 Å². The number of nitrogens with one attached hydrogen (secondary N) is 6. The summed E-state index contributed by atoms with van der Waals surface area (Å²) in [6.45, 7) is 3.53. The highest BCUT2D eigenvalue weighted by atomic mass is 32.2. The molecule has 0 fully saturated rings. The van der Waals surface area contributed by atoms with E-state index in [4.69, 9.17) is 46.3 Å². The molecule has 0 spiro atoms. The van der Waals surface area contributed by atoms with Gasteiger partial charge >= 0.3 is 0 Å². The lowest BCUT2D eigenvalue weighted by atomic mass is 10.0. The Morgan fingerprint density at radius 1 is 0.573 bits per heavy atom. The lowest BCUT2D eigenvalue weighted by molar-refractivity contribution is -0.121. The molecule has 2 aromatic heterocycles. The van der Waals surface area contributed by atoms with Crippen molar-refractivity contribution in [2.45, 2.75) is 48.9 Å². The summed E-state index contributed by atoms with van der Waals surface area (Å²) in [5.74, 6) is -0.642. The number of fused-ring (bicyclic) bond motifs is 2. The minimum atomic E-state index is -4.25. The molecule has 6 aromatic carbocycles. The number of amidine groups is 2. The zero-order valence-electron chi connectivity index (χ0n) is 40.3. The van der Waals surface area contributed by atoms with Crippen molar-refractivity contribution in [3.63, 3.8) is 0 Å². The van der Waals surface area contributed by atoms with E-state index in [-0.39, 0.29) is 40.4 Å². The minimum Gasteiger partial charge on any atom is -0.490 e. The van der Waals surface area contributed by atoms with E-state index in [1.165, 1.54) is 36.4 Å². The Kier molecular flexibility index (Phi) is 16.8. The number of carbonyl (C=O) groups excluding carboxylic acids is 2. The fourth-order valence-electron chi connectivity index (χ4n) is 7.62. The number of sulfonamides is 2. The van der Waals surface area contributed by atoms with E-state index in [1.54, 1.807) is 117 Å². The van der Waals surface area contributed by atoms with Crippen LogP contribution in [0.2, 0.25) is 0 Å². The van der Waals surface area contributed by atoms with Crippen molar-refractivity contribution in [2.24, 2.45) is 11.5 Å². The monoisotopic (exact) mass is 1060 g/mol. The predicted molar refractivity (Wildman–Crippen MR) is 282 cm³/mol. The number of carbonyl (C=O) groups is 2. The molecule has 23 heteroatoms. The highest BCUT2D eigenvalue weighted by Gasteiger charge is 2.30. The summed E-state index contributed by atoms with van der Waals surface area (Å²) < 4.78 is 78.9. The molecule has 0 aliphatic rings. The average molecular weight is 1060 g/mol. The Labute approximate surface area is 430 Å². The summed E-state index contributed by atoms with van der Waals surface area (Å²) in [6, 6.07) is 33.4. The second-order valence-corrected chi connectivity index (χ2v) is 19.8. The summed E-state index contributed by atoms with van der Waals surface area (Å²) >= 11 is 0. The van der Waals surface area contributed by atoms with Crippen molar-refractivity contribution in [2.75, 3.05) is 29.6 Å². The van der Waals surface area contributed by atoms with E-state index in [0.29, 0.717) is 91.8 Å². The number of anilines is 3. The van der Waals surface area contributed by atoms with Gasteiger partial charge in [-0.2, -0.15) is 0 Å². The molecule has 0 aliphatic heterocycles. The number of amides is 2. The molecule has 2 amide bonds. The fraction of sp³-hybridized carbons (Fsp3) is 0.154. The van der Waals surface area contributed by atoms with Gasteiger partial charge in [-0.1, -0.05) is 24.3 Å². The maximum Gasteiger partial charge on any atom is 0.264 e. The molecule has 0 bridgehead atoms. The Bertz CT molecular complexity index is 3610. The van der Waals surface area contributed by atoms with Gasteiger partial charge in [-0.05, 0) is 140 Å². The van der Waals surface area contributed by atoms with Crippen LogP contribution in [-0.4, -0.2) is 63.7 Å². The Morgan fingerprint density at radius 2 is 0.987 bits per heavy atom. The summed E-state index contributed by atoms with van der Waals surface area (Å²) in [6.07, 6.45) is 0. The molecule has 0 radical (unpaired) electrons. The van der Waals surface area contributed by atoms with Gasteiger partial charge in [0.15, 0.2) is 22.7 Å². The second-order valence-electron chi connectivity index (χ2n) is 16.4. The van der Waals surface area contributed by atoms with Crippen LogP contribution in [0.4, 0.5) is 17.1 Å². The Balaban J connectivity index is 0.000000219. The second kappa shape index (κ2) is 23.3. The van der Waals surface area contributed by atoms with Gasteiger partial charge in [-0.3, -0.25) is 20.4 Å². The largest absolute Gasteiger partial charge is 0.490 e. The van der Waals surface area contributed by atoms with Gasteiger partial charge in [0.05, 0.1) is 23.0 Å². The van der Waals surface area contributed by atoms with Crippen LogP contribution in [0.25, 0.3) is 21.9 Å². The first-order valence-electron chi connectivity index (χ1n) is 22.9. The highest BCUT2D eigenvalue weighted by Crippen LogP contribution is 2.36. The van der Waals surface area contributed by atoms with Crippen LogP contribution in [0.15, 0.2) is 158 Å². The number of nitrogen functional groups attached to an aromatic ring is 3. The number of benzene rings is 6. The molecule has 2 heterocycles. The van der Waals surface area contributed by atoms with Crippen LogP contribution >= 0.6 is 0 Å². The Morgan fingerprint density at radius 3 is 1.37 bits per heavy atom. The first-order chi connectivity index (χ1) is 35.8. The maximum absolute atomic E-state index is 13.5. The average Bonchev–Trinajstić information content (AvgIpc) is 4.02. The first-order valence-corrected chi connectivity index (χ1v) is 25.9. The zero-order valence-corrected chi connectivity index (χ0v) is 41.9. The van der Waals surface area contributed by atoms with Gasteiger partial charge < -0.3 is 56.4 Å². The summed E-state index contributed by atoms with van der Waals surface area (Å²) in [5.41, 5.74) is 20.5. The quantitative estimate of drug-likeness (QED) is 0.0233. The molecule has 8 rings (SSSR count). The molecule has 390 valence electrons. The fourth-order valence-corrected chi connectivity index (χ4v) is 9.68. The number of nitrogens with two attached hydrogens (primary N) is 3. The molecule has 0 unspecified atom stereocenters. The molecule has 14 N–H and O–H groups in total. The van der Waals surface area contributed by atoms with Crippen molar-refractivity contribution >= 4 is 82.5 Å². The van der Waals surface area contributed by atoms with Crippen LogP contribution < -0.4 is 46.8 Å². The van der Waals surface area contributed by atoms with E-state index in [2.05, 4.69) is 20.1 Å². The molecule has 21 nitrogen and oxygen atoms in total. The van der Waals surface area contributed by atoms with Gasteiger partial charge in [-0.25, -0.2) is 26.3 Å². The number of rotatable bonds is 20. The standard InChI is InChI=1S/C26H27N5O6S.C26H26N4O6S/c1-2-36-22-12-16(10-17-11-20(14-32)37-24(17)22)23(30-19-8-6-15(7-9-19)25(28)29)26(33)31-38(34,35)21-5-3-4-18(27)13-21;1-2-35-22-14-17(12-18-13-20(15-31)36-24(18)22)23(29-19-10-8-16(9-11-19)25(27)28)26(32)30-37(33,34)21-6-4-3-5-7-21/h3-13,23,30,32H,2,14,27H2,1H3,(H3,28,29)(H,31,33);3-14,23,29,31H,2,15H2,1H3,(H3,27,28)(H,30,32)/t2*23-/m11/s1. The minimum absolute atomic E-state index is 0.0548.